The predicted octanol–water partition coefficient (Wildman–Crippen LogP) is 1.22. The van der Waals surface area contributed by atoms with Crippen molar-refractivity contribution in [2.75, 3.05) is 4.90 Å². The molecule has 0 saturated heterocycles. The van der Waals surface area contributed by atoms with E-state index < -0.39 is 5.69 Å². The fraction of sp³-hybridized carbons (Fsp3) is 0.182. The number of nitrogens with zero attached hydrogens (tertiary/aromatic N) is 4. The molecule has 3 rings (SSSR count). The molecule has 0 fully saturated rings. The van der Waals surface area contributed by atoms with Crippen molar-refractivity contribution in [1.29, 1.82) is 0 Å². The van der Waals surface area contributed by atoms with E-state index in [1.54, 1.807) is 24.3 Å². The molecule has 0 bridgehead atoms. The fourth-order valence-electron chi connectivity index (χ4n) is 1.96. The lowest BCUT2D eigenvalue weighted by molar-refractivity contribution is 0.250. The van der Waals surface area contributed by atoms with E-state index in [-0.39, 0.29) is 12.6 Å². The Morgan fingerprint density at radius 3 is 2.50 bits per heavy atom. The first-order valence-electron chi connectivity index (χ1n) is 5.30. The molecule has 1 aromatic heterocycles. The summed E-state index contributed by atoms with van der Waals surface area (Å²) in [4.78, 5) is 25.3. The first kappa shape index (κ1) is 11.0. The molecule has 0 spiro atoms. The Hall–Kier alpha value is -2.08. The zero-order valence-corrected chi connectivity index (χ0v) is 10.3. The van der Waals surface area contributed by atoms with Crippen LogP contribution in [0.3, 0.4) is 0 Å². The number of benzene rings is 1. The highest BCUT2D eigenvalue weighted by Crippen LogP contribution is 2.23. The molecule has 0 unspecified atom stereocenters. The van der Waals surface area contributed by atoms with E-state index in [1.165, 1.54) is 11.9 Å². The second-order valence-corrected chi connectivity index (χ2v) is 4.44. The molecule has 2 aromatic rings. The minimum absolute atomic E-state index is 0.288. The summed E-state index contributed by atoms with van der Waals surface area (Å²) in [6.45, 7) is 0.288. The molecular weight excluding hydrogens is 256 g/mol. The maximum Gasteiger partial charge on any atom is 0.354 e. The zero-order valence-electron chi connectivity index (χ0n) is 9.50. The van der Waals surface area contributed by atoms with Crippen molar-refractivity contribution in [3.8, 4) is 0 Å². The number of amides is 1. The number of hydrogen-bond donors (Lipinski definition) is 0. The molecular formula is C11H9ClN4O2. The molecule has 2 heterocycles. The van der Waals surface area contributed by atoms with Crippen molar-refractivity contribution in [1.82, 2.24) is 14.3 Å². The van der Waals surface area contributed by atoms with Gasteiger partial charge in [0.1, 0.15) is 0 Å². The van der Waals surface area contributed by atoms with Crippen LogP contribution in [0.25, 0.3) is 0 Å². The number of halogens is 1. The van der Waals surface area contributed by atoms with E-state index in [0.29, 0.717) is 16.5 Å². The number of aryl methyl sites for hydroxylation is 1. The number of hydrogen-bond acceptors (Lipinski definition) is 3. The molecule has 6 nitrogen and oxygen atoms in total. The van der Waals surface area contributed by atoms with Gasteiger partial charge in [0.25, 0.3) is 0 Å². The Labute approximate surface area is 107 Å². The fourth-order valence-corrected chi connectivity index (χ4v) is 2.09. The van der Waals surface area contributed by atoms with Crippen LogP contribution in [0.4, 0.5) is 10.5 Å². The molecule has 0 atom stereocenters. The van der Waals surface area contributed by atoms with Crippen molar-refractivity contribution in [3.05, 3.63) is 45.6 Å². The molecule has 0 N–H and O–H groups in total. The van der Waals surface area contributed by atoms with Gasteiger partial charge >= 0.3 is 11.7 Å². The van der Waals surface area contributed by atoms with Crippen molar-refractivity contribution in [2.45, 2.75) is 6.54 Å². The molecule has 1 aliphatic heterocycles. The van der Waals surface area contributed by atoms with Crippen molar-refractivity contribution >= 4 is 23.3 Å². The third-order valence-corrected chi connectivity index (χ3v) is 3.10. The summed E-state index contributed by atoms with van der Waals surface area (Å²) in [7, 11) is 1.52. The largest absolute Gasteiger partial charge is 0.354 e. The molecule has 0 radical (unpaired) electrons. The normalized spacial score (nSPS) is 14.1. The van der Waals surface area contributed by atoms with Crippen LogP contribution in [0.1, 0.15) is 5.82 Å². The van der Waals surface area contributed by atoms with Crippen LogP contribution >= 0.6 is 11.6 Å². The van der Waals surface area contributed by atoms with Gasteiger partial charge in [0.2, 0.25) is 0 Å². The average Bonchev–Trinajstić information content (AvgIpc) is 2.80. The molecule has 7 heteroatoms. The summed E-state index contributed by atoms with van der Waals surface area (Å²) in [5.74, 6) is 0.447. The maximum atomic E-state index is 12.1. The van der Waals surface area contributed by atoms with E-state index in [0.717, 1.165) is 9.25 Å². The smallest absolute Gasteiger partial charge is 0.286 e. The van der Waals surface area contributed by atoms with Crippen LogP contribution in [0.15, 0.2) is 29.1 Å². The molecule has 18 heavy (non-hydrogen) atoms. The number of fused-ring (bicyclic) bond motifs is 1. The highest BCUT2D eigenvalue weighted by molar-refractivity contribution is 6.30. The highest BCUT2D eigenvalue weighted by atomic mass is 35.5. The van der Waals surface area contributed by atoms with Gasteiger partial charge in [0, 0.05) is 17.8 Å². The second kappa shape index (κ2) is 3.71. The van der Waals surface area contributed by atoms with Crippen LogP contribution in [0, 0.1) is 0 Å². The molecule has 1 aromatic carbocycles. The van der Waals surface area contributed by atoms with Crippen LogP contribution in [0.5, 0.6) is 0 Å². The molecule has 0 saturated carbocycles. The summed E-state index contributed by atoms with van der Waals surface area (Å²) in [6, 6.07) is 6.48. The van der Waals surface area contributed by atoms with Crippen LogP contribution in [-0.2, 0) is 13.6 Å². The Morgan fingerprint density at radius 2 is 1.89 bits per heavy atom. The Balaban J connectivity index is 2.03. The summed E-state index contributed by atoms with van der Waals surface area (Å²) < 4.78 is 2.24. The number of anilines is 1. The molecule has 1 amide bonds. The van der Waals surface area contributed by atoms with Gasteiger partial charge in [-0.1, -0.05) is 11.6 Å². The van der Waals surface area contributed by atoms with Gasteiger partial charge in [-0.25, -0.2) is 14.3 Å². The van der Waals surface area contributed by atoms with Crippen molar-refractivity contribution in [2.24, 2.45) is 7.05 Å². The van der Waals surface area contributed by atoms with Crippen molar-refractivity contribution in [3.63, 3.8) is 0 Å². The van der Waals surface area contributed by atoms with Gasteiger partial charge in [-0.3, -0.25) is 4.90 Å². The summed E-state index contributed by atoms with van der Waals surface area (Å²) in [5, 5.41) is 4.61. The van der Waals surface area contributed by atoms with Gasteiger partial charge in [-0.2, -0.15) is 9.67 Å². The average molecular weight is 265 g/mol. The van der Waals surface area contributed by atoms with Crippen LogP contribution in [0.2, 0.25) is 5.02 Å². The minimum atomic E-state index is -0.425. The number of rotatable bonds is 1. The molecule has 1 aliphatic rings. The Bertz CT molecular complexity index is 686. The summed E-state index contributed by atoms with van der Waals surface area (Å²) in [6.07, 6.45) is 0. The van der Waals surface area contributed by atoms with E-state index in [1.807, 2.05) is 0 Å². The van der Waals surface area contributed by atoms with E-state index in [2.05, 4.69) is 5.10 Å². The lowest BCUT2D eigenvalue weighted by Crippen LogP contribution is -2.33. The molecule has 0 aliphatic carbocycles. The standard InChI is InChI=1S/C11H9ClN4O2/c1-14-10(17)16-9(13-14)6-15(11(16)18)8-4-2-7(12)3-5-8/h2-5H,6H2,1H3. The SMILES string of the molecule is Cn1nc2n(c1=O)C(=O)N(c1ccc(Cl)cc1)C2. The first-order chi connectivity index (χ1) is 8.58. The number of carbonyl (C=O) groups excluding carboxylic acids is 1. The quantitative estimate of drug-likeness (QED) is 0.778. The number of carbonyl (C=O) groups is 1. The molecule has 92 valence electrons. The third kappa shape index (κ3) is 1.46. The highest BCUT2D eigenvalue weighted by Gasteiger charge is 2.32. The summed E-state index contributed by atoms with van der Waals surface area (Å²) >= 11 is 5.79. The summed E-state index contributed by atoms with van der Waals surface area (Å²) in [5.41, 5.74) is 0.267. The lowest BCUT2D eigenvalue weighted by Gasteiger charge is -2.14. The Morgan fingerprint density at radius 1 is 1.22 bits per heavy atom. The van der Waals surface area contributed by atoms with Gasteiger partial charge in [0.05, 0.1) is 6.54 Å². The van der Waals surface area contributed by atoms with Gasteiger partial charge in [-0.15, -0.1) is 0 Å². The van der Waals surface area contributed by atoms with Gasteiger partial charge in [0.15, 0.2) is 5.82 Å². The van der Waals surface area contributed by atoms with E-state index in [9.17, 15) is 9.59 Å². The van der Waals surface area contributed by atoms with Crippen LogP contribution < -0.4 is 10.6 Å². The van der Waals surface area contributed by atoms with Gasteiger partial charge < -0.3 is 0 Å². The minimum Gasteiger partial charge on any atom is -0.286 e. The van der Waals surface area contributed by atoms with Gasteiger partial charge in [-0.05, 0) is 24.3 Å². The van der Waals surface area contributed by atoms with E-state index >= 15 is 0 Å². The predicted molar refractivity (Wildman–Crippen MR) is 65.9 cm³/mol. The van der Waals surface area contributed by atoms with Crippen molar-refractivity contribution < 1.29 is 4.79 Å². The van der Waals surface area contributed by atoms with E-state index in [4.69, 9.17) is 11.6 Å². The zero-order chi connectivity index (χ0) is 12.9. The Kier molecular flexibility index (Phi) is 2.27. The third-order valence-electron chi connectivity index (χ3n) is 2.85. The van der Waals surface area contributed by atoms with Crippen LogP contribution in [-0.4, -0.2) is 20.4 Å². The maximum absolute atomic E-state index is 12.1. The monoisotopic (exact) mass is 264 g/mol. The second-order valence-electron chi connectivity index (χ2n) is 4.00. The topological polar surface area (TPSA) is 60.1 Å². The number of aromatic nitrogens is 3. The first-order valence-corrected chi connectivity index (χ1v) is 5.68. The lowest BCUT2D eigenvalue weighted by atomic mass is 10.3.